The van der Waals surface area contributed by atoms with E-state index in [4.69, 9.17) is 24.4 Å². The number of hydrogen-bond donors (Lipinski definition) is 2. The maximum Gasteiger partial charge on any atom is 0.319 e. The summed E-state index contributed by atoms with van der Waals surface area (Å²) in [6.45, 7) is 9.02. The summed E-state index contributed by atoms with van der Waals surface area (Å²) in [5.74, 6) is -3.77. The first-order valence-corrected chi connectivity index (χ1v) is 21.6. The average Bonchev–Trinajstić information content (AvgIpc) is 3.63. The van der Waals surface area contributed by atoms with Gasteiger partial charge in [0, 0.05) is 36.0 Å². The van der Waals surface area contributed by atoms with Crippen LogP contribution in [-0.2, 0) is 33.9 Å². The van der Waals surface area contributed by atoms with Crippen LogP contribution in [0.1, 0.15) is 58.9 Å². The first-order chi connectivity index (χ1) is 28.1. The van der Waals surface area contributed by atoms with Crippen molar-refractivity contribution >= 4 is 45.1 Å². The van der Waals surface area contributed by atoms with Crippen LogP contribution in [0.15, 0.2) is 77.7 Å². The number of nitrogens with one attached hydrogen (secondary N) is 2. The van der Waals surface area contributed by atoms with Crippen molar-refractivity contribution in [2.45, 2.75) is 81.5 Å². The van der Waals surface area contributed by atoms with Gasteiger partial charge in [-0.1, -0.05) is 26.8 Å². The first-order valence-electron chi connectivity index (χ1n) is 19.3. The fourth-order valence-corrected chi connectivity index (χ4v) is 9.12. The maximum atomic E-state index is 14.8. The van der Waals surface area contributed by atoms with Gasteiger partial charge in [0.25, 0.3) is 15.9 Å². The molecule has 2 N–H and O–H groups in total. The Morgan fingerprint density at radius 2 is 1.63 bits per heavy atom. The topological polar surface area (TPSA) is 201 Å². The zero-order valence-corrected chi connectivity index (χ0v) is 35.0. The lowest BCUT2D eigenvalue weighted by Gasteiger charge is -2.35. The number of likely N-dealkylation sites (tertiary alicyclic amines) is 1. The van der Waals surface area contributed by atoms with Crippen molar-refractivity contribution in [2.24, 2.45) is 17.3 Å². The third kappa shape index (κ3) is 8.32. The molecule has 1 saturated heterocycles. The molecular weight excluding hydrogens is 799 g/mol. The van der Waals surface area contributed by atoms with Crippen LogP contribution in [0.5, 0.6) is 11.5 Å². The lowest BCUT2D eigenvalue weighted by atomic mass is 9.79. The van der Waals surface area contributed by atoms with Gasteiger partial charge in [-0.05, 0) is 79.6 Å². The molecule has 0 unspecified atom stereocenters. The Hall–Kier alpha value is -5.62. The Labute approximate surface area is 346 Å². The van der Waals surface area contributed by atoms with Gasteiger partial charge in [0.1, 0.15) is 51.5 Å². The van der Waals surface area contributed by atoms with Crippen molar-refractivity contribution in [3.8, 4) is 33.5 Å². The van der Waals surface area contributed by atoms with Crippen LogP contribution < -0.4 is 19.5 Å². The third-order valence-electron chi connectivity index (χ3n) is 11.2. The molecule has 5 atom stereocenters. The van der Waals surface area contributed by atoms with E-state index in [1.54, 1.807) is 46.2 Å². The first kappa shape index (κ1) is 41.5. The Morgan fingerprint density at radius 3 is 2.17 bits per heavy atom. The highest BCUT2D eigenvalue weighted by atomic mass is 32.2. The predicted molar refractivity (Wildman–Crippen MR) is 216 cm³/mol. The Morgan fingerprint density at radius 1 is 0.983 bits per heavy atom. The lowest BCUT2D eigenvalue weighted by molar-refractivity contribution is -0.169. The van der Waals surface area contributed by atoms with Crippen molar-refractivity contribution in [3.63, 3.8) is 0 Å². The van der Waals surface area contributed by atoms with E-state index in [2.05, 4.69) is 21.6 Å². The Balaban J connectivity index is 1.22. The van der Waals surface area contributed by atoms with Crippen molar-refractivity contribution in [1.29, 1.82) is 0 Å². The second-order valence-corrected chi connectivity index (χ2v) is 18.7. The molecule has 0 radical (unpaired) electrons. The van der Waals surface area contributed by atoms with Gasteiger partial charge < -0.3 is 24.4 Å². The fraction of sp³-hybridized carbons (Fsp3) is 0.439. The molecule has 3 amide bonds. The molecule has 7 rings (SSSR count). The number of carbonyl (C=O) groups is 4. The minimum Gasteiger partial charge on any atom is -0.497 e. The molecule has 2 aliphatic carbocycles. The number of carbonyl (C=O) groups excluding carboxylic acids is 4. The number of sulfonamides is 1. The van der Waals surface area contributed by atoms with E-state index in [-0.39, 0.29) is 30.4 Å². The molecule has 18 heteroatoms. The van der Waals surface area contributed by atoms with Crippen molar-refractivity contribution in [3.05, 3.63) is 72.8 Å². The van der Waals surface area contributed by atoms with E-state index in [0.717, 1.165) is 12.0 Å². The van der Waals surface area contributed by atoms with Crippen LogP contribution in [0.25, 0.3) is 22.0 Å². The second kappa shape index (κ2) is 16.2. The summed E-state index contributed by atoms with van der Waals surface area (Å²) in [4.78, 5) is 64.1. The SMILES string of the molecule is C=C[C@@H]1C[C@@]1(NC(=O)[C@@H]1C[C@@H](n2nc(-c3ccc(OC)cc3)c(-c3nccs3)n2)CN1C(=O)[C@@H](C(=O)OC1CCC1)C(C)(C)C)C(=O)NS(=O)(=O)c1ccc(OC)cc1. The Bertz CT molecular complexity index is 2340. The van der Waals surface area contributed by atoms with Gasteiger partial charge in [-0.2, -0.15) is 9.90 Å². The van der Waals surface area contributed by atoms with Crippen LogP contribution in [-0.4, -0.2) is 95.4 Å². The van der Waals surface area contributed by atoms with Gasteiger partial charge in [-0.25, -0.2) is 18.1 Å². The summed E-state index contributed by atoms with van der Waals surface area (Å²) < 4.78 is 45.1. The molecule has 0 spiro atoms. The van der Waals surface area contributed by atoms with Crippen LogP contribution in [0.2, 0.25) is 0 Å². The lowest BCUT2D eigenvalue weighted by Crippen LogP contribution is -2.57. The van der Waals surface area contributed by atoms with Crippen molar-refractivity contribution < 1.29 is 41.8 Å². The highest BCUT2D eigenvalue weighted by Crippen LogP contribution is 2.46. The van der Waals surface area contributed by atoms with Crippen LogP contribution in [0, 0.1) is 17.3 Å². The second-order valence-electron chi connectivity index (χ2n) is 16.1. The van der Waals surface area contributed by atoms with Gasteiger partial charge in [-0.3, -0.25) is 19.2 Å². The van der Waals surface area contributed by atoms with E-state index in [0.29, 0.717) is 40.7 Å². The van der Waals surface area contributed by atoms with Crippen LogP contribution >= 0.6 is 11.3 Å². The quantitative estimate of drug-likeness (QED) is 0.102. The van der Waals surface area contributed by atoms with Crippen LogP contribution in [0.3, 0.4) is 0 Å². The number of nitrogens with zero attached hydrogens (tertiary/aromatic N) is 5. The molecule has 1 aliphatic heterocycles. The summed E-state index contributed by atoms with van der Waals surface area (Å²) in [6, 6.07) is 10.9. The zero-order chi connectivity index (χ0) is 42.3. The molecule has 3 aliphatic rings. The number of esters is 1. The highest BCUT2D eigenvalue weighted by molar-refractivity contribution is 7.90. The smallest absolute Gasteiger partial charge is 0.319 e. The molecule has 16 nitrogen and oxygen atoms in total. The summed E-state index contributed by atoms with van der Waals surface area (Å²) >= 11 is 1.38. The third-order valence-corrected chi connectivity index (χ3v) is 13.3. The largest absolute Gasteiger partial charge is 0.497 e. The summed E-state index contributed by atoms with van der Waals surface area (Å²) in [7, 11) is -1.35. The van der Waals surface area contributed by atoms with Gasteiger partial charge in [0.05, 0.1) is 25.2 Å². The van der Waals surface area contributed by atoms with E-state index in [1.807, 2.05) is 17.5 Å². The molecule has 2 aromatic carbocycles. The fourth-order valence-electron chi connectivity index (χ4n) is 7.46. The van der Waals surface area contributed by atoms with Crippen LogP contribution in [0.4, 0.5) is 0 Å². The number of amides is 3. The zero-order valence-electron chi connectivity index (χ0n) is 33.4. The van der Waals surface area contributed by atoms with Gasteiger partial charge in [-0.15, -0.1) is 23.0 Å². The molecule has 312 valence electrons. The van der Waals surface area contributed by atoms with Crippen molar-refractivity contribution in [2.75, 3.05) is 20.8 Å². The van der Waals surface area contributed by atoms with E-state index in [1.165, 1.54) is 58.5 Å². The number of rotatable bonds is 14. The van der Waals surface area contributed by atoms with Crippen molar-refractivity contribution in [1.82, 2.24) is 34.9 Å². The van der Waals surface area contributed by atoms with E-state index in [9.17, 15) is 27.6 Å². The molecule has 4 aromatic rings. The number of aromatic nitrogens is 4. The normalized spacial score (nSPS) is 22.1. The molecule has 2 aromatic heterocycles. The number of ether oxygens (including phenoxy) is 3. The average molecular weight is 846 g/mol. The minimum absolute atomic E-state index is 0.000746. The summed E-state index contributed by atoms with van der Waals surface area (Å²) in [5, 5.41) is 15.0. The monoisotopic (exact) mass is 845 g/mol. The van der Waals surface area contributed by atoms with E-state index >= 15 is 0 Å². The standard InChI is InChI=1S/C41H47N7O9S2/c1-7-25-22-41(25,39(52)46-59(53,54)30-17-15-28(56-6)16-18-30)43-35(49)31-21-26(23-47(31)37(50)32(40(2,3)4)38(51)57-29-9-8-10-29)48-44-33(24-11-13-27(55-5)14-12-24)34(45-48)36-42-19-20-58-36/h7,11-20,25-26,29,31-32H,1,8-10,21-23H2,2-6H3,(H,43,49)(H,46,52)/t25-,26-,31+,32+,41+/m1/s1. The molecule has 59 heavy (non-hydrogen) atoms. The summed E-state index contributed by atoms with van der Waals surface area (Å²) in [5.41, 5.74) is -0.835. The maximum absolute atomic E-state index is 14.8. The van der Waals surface area contributed by atoms with Gasteiger partial charge >= 0.3 is 5.97 Å². The van der Waals surface area contributed by atoms with Gasteiger partial charge in [0.2, 0.25) is 11.8 Å². The summed E-state index contributed by atoms with van der Waals surface area (Å²) in [6.07, 6.45) is 5.25. The molecular formula is C41H47N7O9S2. The minimum atomic E-state index is -4.36. The molecule has 3 heterocycles. The number of benzene rings is 2. The Kier molecular flexibility index (Phi) is 11.4. The number of thiazole rings is 1. The number of methoxy groups -OCH3 is 2. The van der Waals surface area contributed by atoms with E-state index < -0.39 is 68.6 Å². The number of hydrogen-bond acceptors (Lipinski definition) is 13. The predicted octanol–water partition coefficient (Wildman–Crippen LogP) is 4.55. The van der Waals surface area contributed by atoms with Gasteiger partial charge in [0.15, 0.2) is 0 Å². The molecule has 2 saturated carbocycles. The molecule has 3 fully saturated rings. The highest BCUT2D eigenvalue weighted by Gasteiger charge is 2.62. The molecule has 0 bridgehead atoms.